The molecule has 0 aromatic heterocycles. The quantitative estimate of drug-likeness (QED) is 0.0356. The minimum Gasteiger partial charge on any atom is -0.480 e. The maximum absolute atomic E-state index is 11.3. The van der Waals surface area contributed by atoms with Crippen LogP contribution in [0, 0.1) is 31.1 Å². The summed E-state index contributed by atoms with van der Waals surface area (Å²) < 4.78 is 34.9. The van der Waals surface area contributed by atoms with Gasteiger partial charge in [0.1, 0.15) is 13.2 Å². The molecule has 0 aromatic carbocycles. The zero-order chi connectivity index (χ0) is 33.1. The Bertz CT molecular complexity index is 686. The predicted molar refractivity (Wildman–Crippen MR) is 160 cm³/mol. The van der Waals surface area contributed by atoms with E-state index in [1.807, 2.05) is 0 Å². The molecule has 17 nitrogen and oxygen atoms in total. The van der Waals surface area contributed by atoms with Crippen LogP contribution in [0.4, 0.5) is 0 Å². The number of carbonyl (C=O) groups is 2. The minimum atomic E-state index is -0.966. The number of methoxy groups -OCH3 is 2. The Morgan fingerprint density at radius 3 is 1.65 bits per heavy atom. The topological polar surface area (TPSA) is 245 Å². The van der Waals surface area contributed by atoms with Crippen LogP contribution in [-0.2, 0) is 38.0 Å². The van der Waals surface area contributed by atoms with Crippen molar-refractivity contribution in [2.45, 2.75) is 38.5 Å². The van der Waals surface area contributed by atoms with E-state index >= 15 is 0 Å². The molecule has 4 N–H and O–H groups in total. The first-order chi connectivity index (χ1) is 21.0. The molecule has 0 atom stereocenters. The van der Waals surface area contributed by atoms with E-state index in [0.717, 1.165) is 45.1 Å². The Morgan fingerprint density at radius 1 is 0.767 bits per heavy atom. The smallest absolute Gasteiger partial charge is 0.329 e. The molecule has 0 heterocycles. The van der Waals surface area contributed by atoms with Crippen LogP contribution in [0.5, 0.6) is 0 Å². The fraction of sp³-hybridized carbons (Fsp3) is 0.917. The predicted octanol–water partition coefficient (Wildman–Crippen LogP) is 1.79. The summed E-state index contributed by atoms with van der Waals surface area (Å²) in [6.07, 6.45) is 5.69. The molecule has 0 saturated heterocycles. The second-order valence-corrected chi connectivity index (χ2v) is 7.88. The normalized spacial score (nSPS) is 9.42. The van der Waals surface area contributed by atoms with Gasteiger partial charge in [-0.05, 0) is 44.6 Å². The SMILES string of the molecule is COCCOCCOCC(=O)NCCCCCN=[N+]=[N-].COCCOCCOCC(=O)O.[3H][B].[N-]=[N+]=NCCCCCN.[U]. The van der Waals surface area contributed by atoms with Gasteiger partial charge < -0.3 is 44.6 Å². The summed E-state index contributed by atoms with van der Waals surface area (Å²) in [6, 6.07) is 0. The summed E-state index contributed by atoms with van der Waals surface area (Å²) >= 11 is 0. The van der Waals surface area contributed by atoms with Crippen LogP contribution in [0.3, 0.4) is 0 Å². The van der Waals surface area contributed by atoms with Gasteiger partial charge in [-0.2, -0.15) is 0 Å². The zero-order valence-electron chi connectivity index (χ0n) is 26.7. The number of hydrogen-bond acceptors (Lipinski definition) is 11. The Labute approximate surface area is 282 Å². The summed E-state index contributed by atoms with van der Waals surface area (Å²) in [4.78, 5) is 26.6. The third-order valence-electron chi connectivity index (χ3n) is 4.41. The molecule has 0 spiro atoms. The number of nitrogens with one attached hydrogen (secondary N) is 1. The van der Waals surface area contributed by atoms with Gasteiger partial charge in [0.25, 0.3) is 0 Å². The van der Waals surface area contributed by atoms with E-state index in [2.05, 4.69) is 33.7 Å². The fourth-order valence-corrected chi connectivity index (χ4v) is 2.40. The Hall–Kier alpha value is -1.60. The van der Waals surface area contributed by atoms with Gasteiger partial charge >= 0.3 is 5.97 Å². The zero-order valence-corrected chi connectivity index (χ0v) is 29.9. The molecule has 248 valence electrons. The van der Waals surface area contributed by atoms with Gasteiger partial charge in [0, 0.05) is 83.2 Å². The van der Waals surface area contributed by atoms with E-state index in [0.29, 0.717) is 72.5 Å². The van der Waals surface area contributed by atoms with Crippen molar-refractivity contribution in [2.75, 3.05) is 106 Å². The van der Waals surface area contributed by atoms with Crippen molar-refractivity contribution in [3.8, 4) is 0 Å². The van der Waals surface area contributed by atoms with Gasteiger partial charge in [-0.15, -0.1) is 0 Å². The molecule has 0 unspecified atom stereocenters. The number of carboxylic acids is 1. The number of carbonyl (C=O) groups excluding carboxylic acids is 1. The number of amides is 1. The molecule has 43 heavy (non-hydrogen) atoms. The summed E-state index contributed by atoms with van der Waals surface area (Å²) in [5.41, 5.74) is 21.2. The van der Waals surface area contributed by atoms with Crippen LogP contribution in [0.15, 0.2) is 10.2 Å². The first-order valence-corrected chi connectivity index (χ1v) is 13.5. The van der Waals surface area contributed by atoms with Gasteiger partial charge in [0.2, 0.25) is 5.91 Å². The number of nitrogens with two attached hydrogens (primary N) is 1. The van der Waals surface area contributed by atoms with Crippen LogP contribution in [0.25, 0.3) is 20.9 Å². The molecule has 0 aliphatic heterocycles. The first kappa shape index (κ1) is 48.3. The monoisotopic (exact) mass is 846 g/mol. The van der Waals surface area contributed by atoms with E-state index < -0.39 is 5.97 Å². The van der Waals surface area contributed by atoms with Crippen molar-refractivity contribution < 1.29 is 74.2 Å². The van der Waals surface area contributed by atoms with Crippen LogP contribution in [-0.4, -0.2) is 133 Å². The Morgan fingerprint density at radius 2 is 1.21 bits per heavy atom. The third kappa shape index (κ3) is 60.4. The molecule has 0 aliphatic carbocycles. The number of aliphatic carboxylic acids is 1. The van der Waals surface area contributed by atoms with Crippen molar-refractivity contribution in [1.82, 2.24) is 5.32 Å². The molecule has 0 aliphatic rings. The summed E-state index contributed by atoms with van der Waals surface area (Å²) in [6.45, 7) is 5.92. The number of carboxylic acid groups (broad SMARTS) is 1. The standard InChI is InChI=1S/C12H24N4O4.C7H14O5.C5H12N4.BH.U/c1-18-7-8-19-9-10-20-11-12(17)14-5-3-2-4-6-15-16-13;1-10-2-3-11-4-5-12-6-7(8)9;6-4-2-1-3-5-8-9-7;;/h2-11H2,1H3,(H,14,17);2-6H2,1H3,(H,8,9);1-6H2;1H;/i;;;1T;. The number of hydrogen-bond donors (Lipinski definition) is 3. The van der Waals surface area contributed by atoms with Gasteiger partial charge in [-0.1, -0.05) is 23.1 Å². The summed E-state index contributed by atoms with van der Waals surface area (Å²) in [7, 11) is 6.95. The molecule has 0 fully saturated rings. The Balaban J connectivity index is -0.000000180. The third-order valence-corrected chi connectivity index (χ3v) is 4.41. The van der Waals surface area contributed by atoms with Crippen molar-refractivity contribution in [2.24, 2.45) is 16.0 Å². The van der Waals surface area contributed by atoms with E-state index in [4.69, 9.17) is 51.7 Å². The van der Waals surface area contributed by atoms with Crippen LogP contribution >= 0.6 is 0 Å². The van der Waals surface area contributed by atoms with Crippen LogP contribution < -0.4 is 11.1 Å². The molecular weight excluding hydrogens is 793 g/mol. The van der Waals surface area contributed by atoms with Crippen molar-refractivity contribution in [3.63, 3.8) is 0 Å². The maximum Gasteiger partial charge on any atom is 0.329 e. The average molecular weight is 847 g/mol. The number of nitrogens with zero attached hydrogens (tertiary/aromatic N) is 6. The van der Waals surface area contributed by atoms with E-state index in [-0.39, 0.29) is 50.2 Å². The summed E-state index contributed by atoms with van der Waals surface area (Å²) in [5.74, 6) is -1.09. The van der Waals surface area contributed by atoms with E-state index in [9.17, 15) is 9.59 Å². The van der Waals surface area contributed by atoms with E-state index in [1.165, 1.54) is 0 Å². The number of unbranched alkanes of at least 4 members (excludes halogenated alkanes) is 4. The van der Waals surface area contributed by atoms with Crippen molar-refractivity contribution in [1.29, 1.82) is 1.34 Å². The largest absolute Gasteiger partial charge is 0.480 e. The average Bonchev–Trinajstić information content (AvgIpc) is 3.01. The molecule has 1 amide bonds. The van der Waals surface area contributed by atoms with Crippen LogP contribution in [0.2, 0.25) is 0 Å². The summed E-state index contributed by atoms with van der Waals surface area (Å²) in [5, 5.41) is 17.7. The molecule has 2 radical (unpaired) electrons. The number of rotatable bonds is 27. The molecule has 0 saturated carbocycles. The van der Waals surface area contributed by atoms with Gasteiger partial charge in [-0.25, -0.2) is 4.79 Å². The van der Waals surface area contributed by atoms with Crippen molar-refractivity contribution >= 4 is 20.3 Å². The van der Waals surface area contributed by atoms with E-state index in [1.54, 1.807) is 14.2 Å². The second-order valence-electron chi connectivity index (χ2n) is 7.88. The molecular formula is C24H51BN8O9U. The molecule has 19 heteroatoms. The Kier molecular flexibility index (Phi) is 56.2. The maximum atomic E-state index is 11.3. The molecule has 0 aromatic rings. The van der Waals surface area contributed by atoms with Crippen LogP contribution in [0.1, 0.15) is 38.5 Å². The van der Waals surface area contributed by atoms with Gasteiger partial charge in [0.05, 0.1) is 52.9 Å². The van der Waals surface area contributed by atoms with Crippen molar-refractivity contribution in [3.05, 3.63) is 20.9 Å². The van der Waals surface area contributed by atoms with Gasteiger partial charge in [-0.3, -0.25) is 4.79 Å². The number of azide groups is 2. The molecule has 0 rings (SSSR count). The minimum absolute atomic E-state index is 0. The second kappa shape index (κ2) is 50.0. The first-order valence-electron chi connectivity index (χ1n) is 14.1. The van der Waals surface area contributed by atoms with Gasteiger partial charge in [0.15, 0.2) is 0 Å². The molecule has 0 bridgehead atoms. The number of ether oxygens (including phenoxy) is 6. The fourth-order valence-electron chi connectivity index (χ4n) is 2.40.